The van der Waals surface area contributed by atoms with Crippen LogP contribution in [0.15, 0.2) is 69.9 Å². The summed E-state index contributed by atoms with van der Waals surface area (Å²) in [6.45, 7) is 2.14. The molecule has 8 heteroatoms. The van der Waals surface area contributed by atoms with E-state index in [1.165, 1.54) is 7.11 Å². The molecule has 2 heterocycles. The van der Waals surface area contributed by atoms with Gasteiger partial charge in [-0.2, -0.15) is 0 Å². The second-order valence-electron chi connectivity index (χ2n) is 8.61. The molecule has 0 radical (unpaired) electrons. The van der Waals surface area contributed by atoms with Crippen molar-refractivity contribution in [1.82, 2.24) is 20.2 Å². The number of hydrogen-bond acceptors (Lipinski definition) is 6. The molecule has 0 aliphatic heterocycles. The molecule has 0 spiro atoms. The lowest BCUT2D eigenvalue weighted by Crippen LogP contribution is -2.03. The fraction of sp³-hybridized carbons (Fsp3) is 0.214. The molecule has 8 nitrogen and oxygen atoms in total. The Hall–Kier alpha value is -4.46. The van der Waals surface area contributed by atoms with Gasteiger partial charge in [-0.25, -0.2) is 19.7 Å². The molecule has 0 aliphatic rings. The molecule has 0 saturated carbocycles. The summed E-state index contributed by atoms with van der Waals surface area (Å²) in [5, 5.41) is 6.29. The van der Waals surface area contributed by atoms with Gasteiger partial charge in [-0.1, -0.05) is 61.9 Å². The Bertz CT molecular complexity index is 1580. The lowest BCUT2D eigenvalue weighted by atomic mass is 9.96. The summed E-state index contributed by atoms with van der Waals surface area (Å²) in [7, 11) is 1.38. The molecule has 0 amide bonds. The van der Waals surface area contributed by atoms with E-state index in [0.29, 0.717) is 12.0 Å². The van der Waals surface area contributed by atoms with E-state index < -0.39 is 5.76 Å². The maximum absolute atomic E-state index is 12.3. The van der Waals surface area contributed by atoms with Crippen molar-refractivity contribution in [3.63, 3.8) is 0 Å². The van der Waals surface area contributed by atoms with Crippen LogP contribution >= 0.6 is 0 Å². The van der Waals surface area contributed by atoms with Crippen molar-refractivity contribution in [3.05, 3.63) is 93.7 Å². The number of esters is 1. The lowest BCUT2D eigenvalue weighted by molar-refractivity contribution is 0.0603. The number of imidazole rings is 1. The van der Waals surface area contributed by atoms with Crippen molar-refractivity contribution in [1.29, 1.82) is 0 Å². The third-order valence-electron chi connectivity index (χ3n) is 6.21. The highest BCUT2D eigenvalue weighted by atomic mass is 16.5. The number of carbonyl (C=O) groups excluding carboxylic acids is 1. The number of aromatic amines is 2. The number of ether oxygens (including phenoxy) is 1. The van der Waals surface area contributed by atoms with Crippen LogP contribution in [0, 0.1) is 0 Å². The number of nitrogens with one attached hydrogen (secondary N) is 2. The minimum atomic E-state index is -0.587. The van der Waals surface area contributed by atoms with E-state index in [0.717, 1.165) is 63.9 Å². The Morgan fingerprint density at radius 2 is 1.81 bits per heavy atom. The summed E-state index contributed by atoms with van der Waals surface area (Å²) >= 11 is 0. The number of unbranched alkanes of at least 4 members (excludes halogenated alkanes) is 1. The third kappa shape index (κ3) is 4.57. The van der Waals surface area contributed by atoms with Crippen molar-refractivity contribution in [2.24, 2.45) is 0 Å². The second kappa shape index (κ2) is 10.0. The molecule has 0 aliphatic carbocycles. The summed E-state index contributed by atoms with van der Waals surface area (Å²) < 4.78 is 10.1. The molecule has 0 bridgehead atoms. The molecule has 0 saturated heterocycles. The Morgan fingerprint density at radius 1 is 1.03 bits per heavy atom. The van der Waals surface area contributed by atoms with Crippen LogP contribution in [0.25, 0.3) is 33.6 Å². The monoisotopic (exact) mass is 482 g/mol. The van der Waals surface area contributed by atoms with Crippen molar-refractivity contribution < 1.29 is 13.9 Å². The fourth-order valence-corrected chi connectivity index (χ4v) is 4.37. The van der Waals surface area contributed by atoms with Crippen LogP contribution in [0.2, 0.25) is 0 Å². The number of H-pyrrole nitrogens is 2. The van der Waals surface area contributed by atoms with Crippen LogP contribution < -0.4 is 5.76 Å². The van der Waals surface area contributed by atoms with Crippen molar-refractivity contribution in [2.45, 2.75) is 32.6 Å². The molecular weight excluding hydrogens is 456 g/mol. The minimum absolute atomic E-state index is 0.255. The molecule has 3 aromatic carbocycles. The van der Waals surface area contributed by atoms with Gasteiger partial charge in [0.2, 0.25) is 5.89 Å². The van der Waals surface area contributed by atoms with Gasteiger partial charge < -0.3 is 14.1 Å². The first kappa shape index (κ1) is 23.3. The first-order chi connectivity index (χ1) is 17.6. The molecule has 5 rings (SSSR count). The number of aryl methyl sites for hydroxylation is 1. The molecular formula is C28H26N4O4. The van der Waals surface area contributed by atoms with Crippen LogP contribution in [0.5, 0.6) is 0 Å². The van der Waals surface area contributed by atoms with Gasteiger partial charge in [0.15, 0.2) is 0 Å². The molecule has 182 valence electrons. The van der Waals surface area contributed by atoms with Gasteiger partial charge in [-0.05, 0) is 47.2 Å². The third-order valence-corrected chi connectivity index (χ3v) is 6.21. The molecule has 0 fully saturated rings. The summed E-state index contributed by atoms with van der Waals surface area (Å²) in [4.78, 5) is 31.9. The van der Waals surface area contributed by atoms with Crippen LogP contribution in [0.1, 0.15) is 47.1 Å². The van der Waals surface area contributed by atoms with Gasteiger partial charge in [0, 0.05) is 12.0 Å². The number of aromatic nitrogens is 4. The summed E-state index contributed by atoms with van der Waals surface area (Å²) in [5.41, 5.74) is 6.77. The van der Waals surface area contributed by atoms with E-state index in [1.54, 1.807) is 6.07 Å². The molecule has 2 aromatic heterocycles. The topological polar surface area (TPSA) is 114 Å². The van der Waals surface area contributed by atoms with Crippen LogP contribution in [0.4, 0.5) is 0 Å². The summed E-state index contributed by atoms with van der Waals surface area (Å²) in [5.74, 6) is 0.163. The number of fused-ring (bicyclic) bond motifs is 1. The summed E-state index contributed by atoms with van der Waals surface area (Å²) in [6, 6.07) is 19.6. The Morgan fingerprint density at radius 3 is 2.50 bits per heavy atom. The average Bonchev–Trinajstić information content (AvgIpc) is 3.54. The van der Waals surface area contributed by atoms with E-state index in [4.69, 9.17) is 14.1 Å². The van der Waals surface area contributed by atoms with Crippen LogP contribution in [0.3, 0.4) is 0 Å². The van der Waals surface area contributed by atoms with E-state index >= 15 is 0 Å². The van der Waals surface area contributed by atoms with E-state index in [2.05, 4.69) is 34.2 Å². The number of nitrogens with zero attached hydrogens (tertiary/aromatic N) is 2. The number of benzene rings is 3. The first-order valence-corrected chi connectivity index (χ1v) is 11.9. The normalized spacial score (nSPS) is 11.2. The number of hydrogen-bond donors (Lipinski definition) is 2. The highest BCUT2D eigenvalue weighted by Gasteiger charge is 2.18. The zero-order chi connectivity index (χ0) is 25.1. The SMILES string of the molecule is CCCCc1nc2c(Cc3ccc(-c4ccccc4-c4n[nH]c(=O)o4)cc3)ccc(C(=O)OC)c2[nH]1. The van der Waals surface area contributed by atoms with Crippen molar-refractivity contribution >= 4 is 17.0 Å². The van der Waals surface area contributed by atoms with E-state index in [-0.39, 0.29) is 11.9 Å². The largest absolute Gasteiger partial charge is 0.465 e. The van der Waals surface area contributed by atoms with Gasteiger partial charge in [-0.15, -0.1) is 5.10 Å². The van der Waals surface area contributed by atoms with Gasteiger partial charge in [0.05, 0.1) is 23.7 Å². The zero-order valence-electron chi connectivity index (χ0n) is 20.1. The Kier molecular flexibility index (Phi) is 6.49. The quantitative estimate of drug-likeness (QED) is 0.290. The van der Waals surface area contributed by atoms with Crippen molar-refractivity contribution in [3.8, 4) is 22.6 Å². The standard InChI is InChI=1S/C28H26N4O4/c1-3-4-9-23-29-24-19(14-15-22(25(24)30-23)27(33)35-2)16-17-10-12-18(13-11-17)20-7-5-6-8-21(20)26-31-32-28(34)36-26/h5-8,10-15H,3-4,9,16H2,1-2H3,(H,29,30)(H,32,34). The van der Waals surface area contributed by atoms with Gasteiger partial charge in [0.1, 0.15) is 5.82 Å². The van der Waals surface area contributed by atoms with E-state index in [1.807, 2.05) is 42.5 Å². The zero-order valence-corrected chi connectivity index (χ0v) is 20.1. The molecule has 5 aromatic rings. The fourth-order valence-electron chi connectivity index (χ4n) is 4.37. The van der Waals surface area contributed by atoms with Gasteiger partial charge in [-0.3, -0.25) is 0 Å². The number of rotatable bonds is 8. The number of methoxy groups -OCH3 is 1. The van der Waals surface area contributed by atoms with Crippen LogP contribution in [-0.4, -0.2) is 33.2 Å². The highest BCUT2D eigenvalue weighted by molar-refractivity contribution is 6.02. The smallest absolute Gasteiger partial charge is 0.434 e. The van der Waals surface area contributed by atoms with E-state index in [9.17, 15) is 9.59 Å². The molecule has 0 unspecified atom stereocenters. The Balaban J connectivity index is 1.46. The average molecular weight is 483 g/mol. The van der Waals surface area contributed by atoms with Gasteiger partial charge >= 0.3 is 11.7 Å². The molecule has 0 atom stereocenters. The number of carbonyl (C=O) groups is 1. The maximum Gasteiger partial charge on any atom is 0.434 e. The van der Waals surface area contributed by atoms with Gasteiger partial charge in [0.25, 0.3) is 0 Å². The summed E-state index contributed by atoms with van der Waals surface area (Å²) in [6.07, 6.45) is 3.57. The highest BCUT2D eigenvalue weighted by Crippen LogP contribution is 2.31. The predicted molar refractivity (Wildman–Crippen MR) is 137 cm³/mol. The molecule has 36 heavy (non-hydrogen) atoms. The Labute approximate surface area is 207 Å². The van der Waals surface area contributed by atoms with Crippen LogP contribution in [-0.2, 0) is 17.6 Å². The minimum Gasteiger partial charge on any atom is -0.465 e. The second-order valence-corrected chi connectivity index (χ2v) is 8.61. The predicted octanol–water partition coefficient (Wildman–Crippen LogP) is 5.29. The lowest BCUT2D eigenvalue weighted by Gasteiger charge is -2.09. The maximum atomic E-state index is 12.3. The molecule has 2 N–H and O–H groups in total. The first-order valence-electron chi connectivity index (χ1n) is 11.9. The van der Waals surface area contributed by atoms with Crippen molar-refractivity contribution in [2.75, 3.05) is 7.11 Å².